The van der Waals surface area contributed by atoms with Crippen molar-refractivity contribution in [1.82, 2.24) is 0 Å². The van der Waals surface area contributed by atoms with Gasteiger partial charge >= 0.3 is 6.09 Å². The van der Waals surface area contributed by atoms with E-state index >= 15 is 0 Å². The second kappa shape index (κ2) is 10.8. The summed E-state index contributed by atoms with van der Waals surface area (Å²) in [7, 11) is 0. The molecule has 2 fully saturated rings. The zero-order valence-corrected chi connectivity index (χ0v) is 20.3. The fraction of sp³-hybridized carbons (Fsp3) is 0.310. The molecule has 2 aliphatic rings. The molecular formula is C29H32N4O3. The third kappa shape index (κ3) is 5.86. The van der Waals surface area contributed by atoms with Crippen molar-refractivity contribution in [2.24, 2.45) is 5.73 Å². The van der Waals surface area contributed by atoms with Gasteiger partial charge in [0.1, 0.15) is 6.61 Å². The highest BCUT2D eigenvalue weighted by Crippen LogP contribution is 2.39. The molecule has 1 saturated heterocycles. The summed E-state index contributed by atoms with van der Waals surface area (Å²) >= 11 is 0. The van der Waals surface area contributed by atoms with E-state index in [1.54, 1.807) is 12.1 Å². The Kier molecular flexibility index (Phi) is 7.18. The molecule has 5 rings (SSSR count). The average molecular weight is 485 g/mol. The number of anilines is 3. The summed E-state index contributed by atoms with van der Waals surface area (Å²) in [5, 5.41) is 5.83. The first kappa shape index (κ1) is 23.9. The Bertz CT molecular complexity index is 1210. The van der Waals surface area contributed by atoms with Crippen molar-refractivity contribution in [1.29, 1.82) is 0 Å². The third-order valence-corrected chi connectivity index (χ3v) is 6.84. The highest BCUT2D eigenvalue weighted by Gasteiger charge is 2.34. The molecule has 1 saturated carbocycles. The molecular weight excluding hydrogens is 452 g/mol. The number of hydrogen-bond donors (Lipinski definition) is 3. The summed E-state index contributed by atoms with van der Waals surface area (Å²) in [6, 6.07) is 23.1. The van der Waals surface area contributed by atoms with E-state index in [-0.39, 0.29) is 18.6 Å². The zero-order valence-electron chi connectivity index (χ0n) is 20.3. The van der Waals surface area contributed by atoms with Crippen LogP contribution < -0.4 is 21.3 Å². The number of carbonyl (C=O) groups excluding carboxylic acids is 2. The Morgan fingerprint density at radius 1 is 0.917 bits per heavy atom. The molecule has 0 spiro atoms. The fourth-order valence-electron chi connectivity index (χ4n) is 4.67. The summed E-state index contributed by atoms with van der Waals surface area (Å²) in [4.78, 5) is 27.9. The first-order chi connectivity index (χ1) is 17.6. The Balaban J connectivity index is 1.30. The molecule has 0 aromatic heterocycles. The molecule has 1 aliphatic carbocycles. The van der Waals surface area contributed by atoms with Gasteiger partial charge in [-0.15, -0.1) is 0 Å². The quantitative estimate of drug-likeness (QED) is 0.412. The number of nitrogens with one attached hydrogen (secondary N) is 2. The van der Waals surface area contributed by atoms with Crippen LogP contribution >= 0.6 is 0 Å². The second-order valence-corrected chi connectivity index (χ2v) is 9.55. The molecule has 36 heavy (non-hydrogen) atoms. The topological polar surface area (TPSA) is 96.7 Å². The molecule has 2 unspecified atom stereocenters. The lowest BCUT2D eigenvalue weighted by Gasteiger charge is -2.30. The fourth-order valence-corrected chi connectivity index (χ4v) is 4.67. The number of benzene rings is 3. The molecule has 1 aliphatic heterocycles. The van der Waals surface area contributed by atoms with Crippen LogP contribution in [0.4, 0.5) is 21.9 Å². The number of hydrogen-bond acceptors (Lipinski definition) is 5. The maximum absolute atomic E-state index is 13.0. The van der Waals surface area contributed by atoms with Crippen LogP contribution in [0.25, 0.3) is 0 Å². The Morgan fingerprint density at radius 3 is 2.33 bits per heavy atom. The lowest BCUT2D eigenvalue weighted by atomic mass is 10.1. The van der Waals surface area contributed by atoms with E-state index in [0.29, 0.717) is 17.2 Å². The van der Waals surface area contributed by atoms with Crippen molar-refractivity contribution in [3.05, 3.63) is 89.5 Å². The normalized spacial score (nSPS) is 18.9. The largest absolute Gasteiger partial charge is 0.444 e. The predicted octanol–water partition coefficient (Wildman–Crippen LogP) is 5.49. The summed E-state index contributed by atoms with van der Waals surface area (Å²) < 4.78 is 5.44. The second-order valence-electron chi connectivity index (χ2n) is 9.55. The van der Waals surface area contributed by atoms with Crippen molar-refractivity contribution in [2.45, 2.75) is 44.2 Å². The molecule has 4 N–H and O–H groups in total. The van der Waals surface area contributed by atoms with Crippen LogP contribution in [0.15, 0.2) is 72.8 Å². The monoisotopic (exact) mass is 484 g/mol. The van der Waals surface area contributed by atoms with Gasteiger partial charge in [-0.2, -0.15) is 0 Å². The summed E-state index contributed by atoms with van der Waals surface area (Å²) in [6.45, 7) is 2.00. The number of amides is 2. The Morgan fingerprint density at radius 2 is 1.64 bits per heavy atom. The molecule has 1 heterocycles. The average Bonchev–Trinajstić information content (AvgIpc) is 3.65. The highest BCUT2D eigenvalue weighted by molar-refractivity contribution is 6.06. The lowest BCUT2D eigenvalue weighted by molar-refractivity contribution is 0.102. The first-order valence-electron chi connectivity index (χ1n) is 12.6. The molecule has 3 aromatic carbocycles. The van der Waals surface area contributed by atoms with Crippen molar-refractivity contribution in [2.75, 3.05) is 28.6 Å². The van der Waals surface area contributed by atoms with Crippen molar-refractivity contribution < 1.29 is 14.3 Å². The van der Waals surface area contributed by atoms with Gasteiger partial charge in [0.25, 0.3) is 5.91 Å². The Hall–Kier alpha value is -3.84. The minimum absolute atomic E-state index is 0.174. The van der Waals surface area contributed by atoms with E-state index in [9.17, 15) is 9.59 Å². The van der Waals surface area contributed by atoms with E-state index in [1.807, 2.05) is 60.7 Å². The van der Waals surface area contributed by atoms with Gasteiger partial charge in [0.15, 0.2) is 0 Å². The van der Waals surface area contributed by atoms with Gasteiger partial charge < -0.3 is 20.7 Å². The van der Waals surface area contributed by atoms with Crippen molar-refractivity contribution >= 4 is 29.1 Å². The van der Waals surface area contributed by atoms with Crippen molar-refractivity contribution in [3.8, 4) is 0 Å². The smallest absolute Gasteiger partial charge is 0.412 e. The molecule has 0 bridgehead atoms. The number of piperidine rings is 1. The van der Waals surface area contributed by atoms with Crippen LogP contribution in [0.2, 0.25) is 0 Å². The highest BCUT2D eigenvalue weighted by atomic mass is 16.5. The van der Waals surface area contributed by atoms with Crippen LogP contribution in [0.1, 0.15) is 53.1 Å². The standard InChI is InChI=1S/C29H32N4O3/c30-25-18-24(25)21-9-12-23(13-10-21)31-28(34)22-11-14-27(33-15-5-2-6-16-33)26(17-22)32-29(35)36-19-20-7-3-1-4-8-20/h1,3-4,7-14,17,24-25H,2,5-6,15-16,18-19,30H2,(H,31,34)(H,32,35). The number of ether oxygens (including phenoxy) is 1. The molecule has 7 heteroatoms. The first-order valence-corrected chi connectivity index (χ1v) is 12.6. The maximum atomic E-state index is 13.0. The molecule has 0 radical (unpaired) electrons. The van der Waals surface area contributed by atoms with E-state index in [0.717, 1.165) is 49.3 Å². The SMILES string of the molecule is NC1CC1c1ccc(NC(=O)c2ccc(N3CCCCC3)c(NC(=O)OCc3ccccc3)c2)cc1. The van der Waals surface area contributed by atoms with Gasteiger partial charge in [-0.1, -0.05) is 42.5 Å². The lowest BCUT2D eigenvalue weighted by Crippen LogP contribution is -2.30. The summed E-state index contributed by atoms with van der Waals surface area (Å²) in [6.07, 6.45) is 3.86. The van der Waals surface area contributed by atoms with Crippen LogP contribution in [-0.2, 0) is 11.3 Å². The number of nitrogens with zero attached hydrogens (tertiary/aromatic N) is 1. The van der Waals surface area contributed by atoms with Gasteiger partial charge in [-0.3, -0.25) is 10.1 Å². The van der Waals surface area contributed by atoms with E-state index in [2.05, 4.69) is 15.5 Å². The molecule has 186 valence electrons. The number of carbonyl (C=O) groups is 2. The molecule has 2 atom stereocenters. The van der Waals surface area contributed by atoms with E-state index in [4.69, 9.17) is 10.5 Å². The van der Waals surface area contributed by atoms with Gasteiger partial charge in [-0.05, 0) is 67.1 Å². The van der Waals surface area contributed by atoms with Crippen LogP contribution in [0.3, 0.4) is 0 Å². The van der Waals surface area contributed by atoms with Gasteiger partial charge in [0, 0.05) is 36.3 Å². The predicted molar refractivity (Wildman–Crippen MR) is 142 cm³/mol. The molecule has 3 aromatic rings. The van der Waals surface area contributed by atoms with Crippen LogP contribution in [-0.4, -0.2) is 31.1 Å². The number of rotatable bonds is 7. The minimum Gasteiger partial charge on any atom is -0.444 e. The van der Waals surface area contributed by atoms with Crippen LogP contribution in [0, 0.1) is 0 Å². The van der Waals surface area contributed by atoms with E-state index in [1.165, 1.54) is 12.0 Å². The van der Waals surface area contributed by atoms with Gasteiger partial charge in [0.2, 0.25) is 0 Å². The molecule has 2 amide bonds. The van der Waals surface area contributed by atoms with Gasteiger partial charge in [-0.25, -0.2) is 4.79 Å². The zero-order chi connectivity index (χ0) is 24.9. The maximum Gasteiger partial charge on any atom is 0.412 e. The van der Waals surface area contributed by atoms with E-state index < -0.39 is 6.09 Å². The van der Waals surface area contributed by atoms with Crippen molar-refractivity contribution in [3.63, 3.8) is 0 Å². The summed E-state index contributed by atoms with van der Waals surface area (Å²) in [5.74, 6) is 0.184. The minimum atomic E-state index is -0.552. The molecule has 7 nitrogen and oxygen atoms in total. The Labute approximate surface area is 211 Å². The van der Waals surface area contributed by atoms with Crippen LogP contribution in [0.5, 0.6) is 0 Å². The number of nitrogens with two attached hydrogens (primary N) is 1. The van der Waals surface area contributed by atoms with Gasteiger partial charge in [0.05, 0.1) is 11.4 Å². The summed E-state index contributed by atoms with van der Waals surface area (Å²) in [5.41, 5.74) is 10.7. The third-order valence-electron chi connectivity index (χ3n) is 6.84.